The lowest BCUT2D eigenvalue weighted by atomic mass is 9.91. The molecule has 24 aromatic carbocycles. The lowest BCUT2D eigenvalue weighted by molar-refractivity contribution is -0.138. The van der Waals surface area contributed by atoms with Gasteiger partial charge in [-0.3, -0.25) is 0 Å². The first-order valence-electron chi connectivity index (χ1n) is 48.8. The first-order chi connectivity index (χ1) is 71.9. The molecule has 24 rings (SSSR count). The average molecular weight is 1950 g/mol. The monoisotopic (exact) mass is 1940 g/mol. The van der Waals surface area contributed by atoms with Crippen molar-refractivity contribution in [1.29, 1.82) is 0 Å². The highest BCUT2D eigenvalue weighted by Gasteiger charge is 2.35. The zero-order valence-corrected chi connectivity index (χ0v) is 80.6. The summed E-state index contributed by atoms with van der Waals surface area (Å²) in [6.07, 6.45) is -9.08. The van der Waals surface area contributed by atoms with E-state index in [2.05, 4.69) is 170 Å². The quantitative estimate of drug-likeness (QED) is 0.0557. The maximum atomic E-state index is 16.6. The van der Waals surface area contributed by atoms with E-state index in [1.54, 1.807) is 12.1 Å². The van der Waals surface area contributed by atoms with Crippen LogP contribution in [0, 0.1) is 51.0 Å². The number of hydrogen-bond donors (Lipinski definition) is 0. The van der Waals surface area contributed by atoms with Gasteiger partial charge in [0.15, 0.2) is 23.3 Å². The van der Waals surface area contributed by atoms with Crippen molar-refractivity contribution in [3.05, 3.63) is 530 Å². The lowest BCUT2D eigenvalue weighted by Gasteiger charge is -2.30. The summed E-state index contributed by atoms with van der Waals surface area (Å²) in [7, 11) is 0. The molecule has 716 valence electrons. The third kappa shape index (κ3) is 18.0. The Morgan fingerprint density at radius 1 is 0.162 bits per heavy atom. The number of nitrogens with zero attached hydrogens (tertiary/aromatic N) is 4. The molecule has 0 aliphatic rings. The van der Waals surface area contributed by atoms with Gasteiger partial charge in [0.2, 0.25) is 0 Å². The molecule has 0 aliphatic carbocycles. The lowest BCUT2D eigenvalue weighted by Crippen LogP contribution is -2.14. The van der Waals surface area contributed by atoms with E-state index in [9.17, 15) is 26.3 Å². The maximum absolute atomic E-state index is 16.6. The Morgan fingerprint density at radius 3 is 0.601 bits per heavy atom. The summed E-state index contributed by atoms with van der Waals surface area (Å²) < 4.78 is 150. The second kappa shape index (κ2) is 38.5. The fourth-order valence-corrected chi connectivity index (χ4v) is 20.7. The molecular weight excluding hydrogens is 1860 g/mol. The van der Waals surface area contributed by atoms with Crippen LogP contribution in [0.2, 0.25) is 0 Å². The minimum Gasteiger partial charge on any atom is -0.310 e. The van der Waals surface area contributed by atoms with Gasteiger partial charge in [-0.05, 0) is 330 Å². The summed E-state index contributed by atoms with van der Waals surface area (Å²) in [6, 6.07) is 150. The molecule has 0 spiro atoms. The van der Waals surface area contributed by atoms with E-state index in [-0.39, 0.29) is 11.4 Å². The number of aryl methyl sites for hydroxylation is 4. The molecule has 0 amide bonds. The minimum atomic E-state index is -4.54. The number of benzene rings is 24. The predicted octanol–water partition coefficient (Wildman–Crippen LogP) is 40.2. The van der Waals surface area contributed by atoms with Crippen molar-refractivity contribution >= 4 is 133 Å². The van der Waals surface area contributed by atoms with Crippen LogP contribution in [0.5, 0.6) is 0 Å². The molecule has 0 heterocycles. The molecule has 0 aliphatic heterocycles. The first kappa shape index (κ1) is 93.5. The molecule has 0 N–H and O–H groups in total. The van der Waals surface area contributed by atoms with Crippen molar-refractivity contribution in [2.75, 3.05) is 19.6 Å². The smallest absolute Gasteiger partial charge is 0.310 e. The Labute approximate surface area is 849 Å². The highest BCUT2D eigenvalue weighted by Crippen LogP contribution is 2.55. The van der Waals surface area contributed by atoms with E-state index < -0.39 is 46.7 Å². The largest absolute Gasteiger partial charge is 0.416 e. The molecule has 0 radical (unpaired) electrons. The van der Waals surface area contributed by atoms with Crippen LogP contribution in [0.3, 0.4) is 0 Å². The van der Waals surface area contributed by atoms with E-state index >= 15 is 17.6 Å². The van der Waals surface area contributed by atoms with Crippen LogP contribution in [0.1, 0.15) is 33.4 Å². The Morgan fingerprint density at radius 2 is 0.372 bits per heavy atom. The van der Waals surface area contributed by atoms with Gasteiger partial charge in [-0.25, -0.2) is 17.6 Å². The topological polar surface area (TPSA) is 13.0 Å². The molecule has 0 atom stereocenters. The molecule has 148 heavy (non-hydrogen) atoms. The van der Waals surface area contributed by atoms with Crippen LogP contribution < -0.4 is 19.6 Å². The van der Waals surface area contributed by atoms with Crippen LogP contribution in [-0.2, 0) is 12.4 Å². The molecule has 4 nitrogen and oxygen atoms in total. The maximum Gasteiger partial charge on any atom is 0.416 e. The van der Waals surface area contributed by atoms with Crippen molar-refractivity contribution in [2.45, 2.75) is 40.0 Å². The number of rotatable bonds is 20. The SMILES string of the molecule is Cc1ccc(-c2cc(-c3ccccc3)cc(N(c3ccc(C(F)(F)F)cc3)c3ccc4ccc5c(N(c6ccc(C(F)(F)F)cc6)c6cc(-c7ccccc7)cc(-c7ccc(C)cc7)c6)ccc6ccc3c4c65)c2)cc1.Cc1ccc(-c2cc(-c3ccccc3)cc(N(c3cccc(F)c3F)c3ccc4ccc5c(N(c6cc(-c7ccccc7)cc(-c7ccc(C)cc7)c6)c6cccc(F)c6F)ccc6ccc3c4c65)c2)cc1. The van der Waals surface area contributed by atoms with E-state index in [1.165, 1.54) is 36.4 Å². The average Bonchev–Trinajstić information content (AvgIpc) is 0.718. The Bertz CT molecular complexity index is 8570. The number of anilines is 12. The minimum absolute atomic E-state index is 0.0428. The molecule has 0 fully saturated rings. The summed E-state index contributed by atoms with van der Waals surface area (Å²) >= 11 is 0. The normalized spacial score (nSPS) is 11.7. The molecule has 14 heteroatoms. The van der Waals surface area contributed by atoms with Gasteiger partial charge in [0.05, 0.1) is 45.3 Å². The molecule has 0 unspecified atom stereocenters. The molecule has 24 aromatic rings. The number of hydrogen-bond acceptors (Lipinski definition) is 4. The van der Waals surface area contributed by atoms with E-state index in [0.29, 0.717) is 34.1 Å². The Kier molecular flexibility index (Phi) is 24.3. The molecule has 0 saturated heterocycles. The standard InChI is InChI=1S/C68H46F6N2.C66H44F4N2/c1-43-13-17-47(18-14-43)53-37-51(45-9-5-3-6-10-45)39-59(41-53)75(57-29-25-55(26-30-57)67(69,70)71)63-35-23-49-22-34-62-64(36-24-50-21-33-61(63)65(49)66(50)62)76(58-31-27-56(28-32-58)68(72,73)74)60-40-52(46-11-7-4-8-12-46)38-54(42-60)48-19-15-44(2)16-20-48;1-41-19-23-45(24-20-41)51-35-49(43-11-5-3-6-12-43)37-53(39-51)71(61-17-9-15-57(67)65(61)69)59-33-29-47-28-32-56-60(34-30-48-27-31-55(59)63(47)64(48)56)72(62-18-10-16-58(68)66(62)70)54-38-50(44-13-7-4-8-14-44)36-52(40-54)46-25-21-42(2)22-26-46/h3-42H,1-2H3;3-40H,1-2H3. The van der Waals surface area contributed by atoms with Gasteiger partial charge in [0.1, 0.15) is 0 Å². The van der Waals surface area contributed by atoms with Crippen molar-refractivity contribution < 1.29 is 43.9 Å². The van der Waals surface area contributed by atoms with Gasteiger partial charge in [-0.15, -0.1) is 0 Å². The van der Waals surface area contributed by atoms with Crippen LogP contribution >= 0.6 is 0 Å². The van der Waals surface area contributed by atoms with Crippen molar-refractivity contribution in [3.8, 4) is 89.0 Å². The summed E-state index contributed by atoms with van der Waals surface area (Å²) in [5.74, 6) is -3.90. The molecular formula is C134H90F10N4. The second-order valence-corrected chi connectivity index (χ2v) is 37.8. The third-order valence-electron chi connectivity index (χ3n) is 28.1. The van der Waals surface area contributed by atoms with Crippen molar-refractivity contribution in [1.82, 2.24) is 0 Å². The summed E-state index contributed by atoms with van der Waals surface area (Å²) in [5, 5.41) is 10.6. The van der Waals surface area contributed by atoms with Gasteiger partial charge in [0.25, 0.3) is 0 Å². The van der Waals surface area contributed by atoms with Crippen LogP contribution in [-0.4, -0.2) is 0 Å². The fourth-order valence-electron chi connectivity index (χ4n) is 20.7. The molecule has 0 aromatic heterocycles. The van der Waals surface area contributed by atoms with E-state index in [1.807, 2.05) is 266 Å². The summed E-state index contributed by atoms with van der Waals surface area (Å²) in [6.45, 7) is 8.17. The van der Waals surface area contributed by atoms with Crippen molar-refractivity contribution in [3.63, 3.8) is 0 Å². The van der Waals surface area contributed by atoms with E-state index in [0.717, 1.165) is 235 Å². The van der Waals surface area contributed by atoms with Gasteiger partial charge in [-0.1, -0.05) is 326 Å². The number of halogens is 10. The first-order valence-corrected chi connectivity index (χ1v) is 48.8. The second-order valence-electron chi connectivity index (χ2n) is 37.8. The Hall–Kier alpha value is -18.1. The summed E-state index contributed by atoms with van der Waals surface area (Å²) in [5.41, 5.74) is 24.7. The third-order valence-corrected chi connectivity index (χ3v) is 28.1. The van der Waals surface area contributed by atoms with E-state index in [4.69, 9.17) is 0 Å². The molecule has 0 bridgehead atoms. The van der Waals surface area contributed by atoms with Gasteiger partial charge >= 0.3 is 12.4 Å². The van der Waals surface area contributed by atoms with Gasteiger partial charge in [-0.2, -0.15) is 26.3 Å². The predicted molar refractivity (Wildman–Crippen MR) is 591 cm³/mol. The Balaban J connectivity index is 0.000000163. The number of alkyl halides is 6. The zero-order valence-electron chi connectivity index (χ0n) is 80.6. The van der Waals surface area contributed by atoms with Crippen LogP contribution in [0.4, 0.5) is 112 Å². The van der Waals surface area contributed by atoms with Crippen LogP contribution in [0.25, 0.3) is 154 Å². The summed E-state index contributed by atoms with van der Waals surface area (Å²) in [4.78, 5) is 7.69. The fraction of sp³-hybridized carbons (Fsp3) is 0.0448. The highest BCUT2D eigenvalue weighted by molar-refractivity contribution is 6.30. The van der Waals surface area contributed by atoms with Gasteiger partial charge < -0.3 is 19.6 Å². The van der Waals surface area contributed by atoms with Gasteiger partial charge in [0, 0.05) is 55.7 Å². The highest BCUT2D eigenvalue weighted by atomic mass is 19.4. The van der Waals surface area contributed by atoms with Crippen LogP contribution in [0.15, 0.2) is 473 Å². The van der Waals surface area contributed by atoms with Crippen molar-refractivity contribution in [2.24, 2.45) is 0 Å². The zero-order chi connectivity index (χ0) is 101. The molecule has 0 saturated carbocycles.